The maximum Gasteiger partial charge on any atom is 0.242 e. The molecule has 2 N–H and O–H groups in total. The maximum atomic E-state index is 11.7. The molecule has 0 aromatic heterocycles. The van der Waals surface area contributed by atoms with Crippen LogP contribution in [0.2, 0.25) is 0 Å². The summed E-state index contributed by atoms with van der Waals surface area (Å²) in [6.07, 6.45) is 1.12. The Kier molecular flexibility index (Phi) is 5.82. The second-order valence-electron chi connectivity index (χ2n) is 4.80. The maximum absolute atomic E-state index is 11.7. The molecule has 1 amide bonds. The minimum atomic E-state index is -0.212. The zero-order chi connectivity index (χ0) is 12.8. The molecule has 0 radical (unpaired) electrons. The van der Waals surface area contributed by atoms with Crippen LogP contribution < -0.4 is 10.6 Å². The molecule has 0 saturated heterocycles. The van der Waals surface area contributed by atoms with Gasteiger partial charge < -0.3 is 10.6 Å². The van der Waals surface area contributed by atoms with Crippen molar-refractivity contribution in [3.05, 3.63) is 0 Å². The molecule has 1 aliphatic rings. The zero-order valence-corrected chi connectivity index (χ0v) is 11.9. The minimum absolute atomic E-state index is 0.0435. The van der Waals surface area contributed by atoms with Crippen LogP contribution in [0.3, 0.4) is 0 Å². The Hall–Kier alpha value is -0.710. The van der Waals surface area contributed by atoms with E-state index in [0.717, 1.165) is 24.7 Å². The van der Waals surface area contributed by atoms with E-state index in [9.17, 15) is 4.79 Å². The number of carbonyl (C=O) groups excluding carboxylic acids is 1. The van der Waals surface area contributed by atoms with Crippen molar-refractivity contribution in [2.24, 2.45) is 10.9 Å². The van der Waals surface area contributed by atoms with Gasteiger partial charge in [0, 0.05) is 11.8 Å². The molecule has 2 atom stereocenters. The highest BCUT2D eigenvalue weighted by molar-refractivity contribution is 8.14. The van der Waals surface area contributed by atoms with Crippen molar-refractivity contribution in [3.8, 4) is 0 Å². The number of hydrogen-bond donors (Lipinski definition) is 2. The van der Waals surface area contributed by atoms with Gasteiger partial charge in [0.2, 0.25) is 5.91 Å². The van der Waals surface area contributed by atoms with Crippen LogP contribution in [0, 0.1) is 5.92 Å². The van der Waals surface area contributed by atoms with E-state index in [-0.39, 0.29) is 11.9 Å². The van der Waals surface area contributed by atoms with Gasteiger partial charge in [0.05, 0.1) is 6.54 Å². The van der Waals surface area contributed by atoms with Crippen molar-refractivity contribution in [2.75, 3.05) is 13.1 Å². The number of rotatable bonds is 5. The summed E-state index contributed by atoms with van der Waals surface area (Å²) in [5, 5.41) is 7.56. The predicted octanol–water partition coefficient (Wildman–Crippen LogP) is 1.62. The number of aliphatic imine (C=N–C) groups is 1. The van der Waals surface area contributed by atoms with E-state index >= 15 is 0 Å². The SMILES string of the molecule is CCC1CN=C(NC(C)C(=O)NCC(C)C)S1. The van der Waals surface area contributed by atoms with E-state index < -0.39 is 0 Å². The Morgan fingerprint density at radius 2 is 2.24 bits per heavy atom. The molecule has 17 heavy (non-hydrogen) atoms. The standard InChI is InChI=1S/C12H23N3OS/c1-5-10-7-14-12(17-10)15-9(4)11(16)13-6-8(2)3/h8-10H,5-7H2,1-4H3,(H,13,16)(H,14,15). The quantitative estimate of drug-likeness (QED) is 0.787. The van der Waals surface area contributed by atoms with Gasteiger partial charge in [0.25, 0.3) is 0 Å². The van der Waals surface area contributed by atoms with Crippen molar-refractivity contribution < 1.29 is 4.79 Å². The molecular formula is C12H23N3OS. The second kappa shape index (κ2) is 6.89. The molecule has 1 aliphatic heterocycles. The lowest BCUT2D eigenvalue weighted by molar-refractivity contribution is -0.122. The first-order valence-corrected chi connectivity index (χ1v) is 7.16. The van der Waals surface area contributed by atoms with Crippen molar-refractivity contribution >= 4 is 22.8 Å². The monoisotopic (exact) mass is 257 g/mol. The first-order chi connectivity index (χ1) is 8.02. The topological polar surface area (TPSA) is 53.5 Å². The lowest BCUT2D eigenvalue weighted by Gasteiger charge is -2.16. The molecule has 2 unspecified atom stereocenters. The van der Waals surface area contributed by atoms with E-state index in [1.807, 2.05) is 6.92 Å². The van der Waals surface area contributed by atoms with Gasteiger partial charge in [-0.1, -0.05) is 32.5 Å². The van der Waals surface area contributed by atoms with Gasteiger partial charge in [-0.05, 0) is 19.3 Å². The van der Waals surface area contributed by atoms with E-state index in [1.54, 1.807) is 11.8 Å². The predicted molar refractivity (Wildman–Crippen MR) is 74.4 cm³/mol. The highest BCUT2D eigenvalue weighted by Gasteiger charge is 2.21. The van der Waals surface area contributed by atoms with E-state index in [0.29, 0.717) is 11.2 Å². The van der Waals surface area contributed by atoms with Gasteiger partial charge in [-0.25, -0.2) is 0 Å². The Bertz CT molecular complexity index is 291. The summed E-state index contributed by atoms with van der Waals surface area (Å²) in [6, 6.07) is -0.212. The van der Waals surface area contributed by atoms with Crippen LogP contribution in [0.4, 0.5) is 0 Å². The van der Waals surface area contributed by atoms with Crippen molar-refractivity contribution in [1.82, 2.24) is 10.6 Å². The largest absolute Gasteiger partial charge is 0.354 e. The first kappa shape index (κ1) is 14.4. The molecule has 0 spiro atoms. The molecule has 1 rings (SSSR count). The van der Waals surface area contributed by atoms with Gasteiger partial charge in [0.1, 0.15) is 6.04 Å². The number of amides is 1. The highest BCUT2D eigenvalue weighted by atomic mass is 32.2. The molecule has 4 nitrogen and oxygen atoms in total. The van der Waals surface area contributed by atoms with E-state index in [2.05, 4.69) is 36.4 Å². The van der Waals surface area contributed by atoms with Gasteiger partial charge in [-0.2, -0.15) is 0 Å². The normalized spacial score (nSPS) is 21.2. The number of nitrogens with one attached hydrogen (secondary N) is 2. The number of nitrogens with zero attached hydrogens (tertiary/aromatic N) is 1. The van der Waals surface area contributed by atoms with Crippen molar-refractivity contribution in [3.63, 3.8) is 0 Å². The number of thioether (sulfide) groups is 1. The highest BCUT2D eigenvalue weighted by Crippen LogP contribution is 2.22. The smallest absolute Gasteiger partial charge is 0.242 e. The summed E-state index contributed by atoms with van der Waals surface area (Å²) in [4.78, 5) is 16.1. The zero-order valence-electron chi connectivity index (χ0n) is 11.1. The van der Waals surface area contributed by atoms with Crippen LogP contribution in [-0.4, -0.2) is 35.5 Å². The molecule has 0 bridgehead atoms. The molecular weight excluding hydrogens is 234 g/mol. The fourth-order valence-corrected chi connectivity index (χ4v) is 2.44. The third-order valence-corrected chi connectivity index (χ3v) is 3.88. The van der Waals surface area contributed by atoms with Crippen LogP contribution in [0.5, 0.6) is 0 Å². The summed E-state index contributed by atoms with van der Waals surface area (Å²) < 4.78 is 0. The molecule has 0 aromatic carbocycles. The average Bonchev–Trinajstić information content (AvgIpc) is 2.73. The Labute approximate surface area is 108 Å². The number of hydrogen-bond acceptors (Lipinski definition) is 4. The van der Waals surface area contributed by atoms with Gasteiger partial charge >= 0.3 is 0 Å². The fraction of sp³-hybridized carbons (Fsp3) is 0.833. The lowest BCUT2D eigenvalue weighted by Crippen LogP contribution is -2.44. The van der Waals surface area contributed by atoms with E-state index in [4.69, 9.17) is 0 Å². The molecule has 0 aromatic rings. The second-order valence-corrected chi connectivity index (χ2v) is 6.09. The van der Waals surface area contributed by atoms with Crippen LogP contribution in [0.25, 0.3) is 0 Å². The summed E-state index contributed by atoms with van der Waals surface area (Å²) >= 11 is 1.74. The molecule has 98 valence electrons. The number of carbonyl (C=O) groups is 1. The van der Waals surface area contributed by atoms with Crippen LogP contribution in [0.15, 0.2) is 4.99 Å². The van der Waals surface area contributed by atoms with Crippen LogP contribution >= 0.6 is 11.8 Å². The Morgan fingerprint density at radius 1 is 1.53 bits per heavy atom. The summed E-state index contributed by atoms with van der Waals surface area (Å²) in [5.74, 6) is 0.524. The van der Waals surface area contributed by atoms with Gasteiger partial charge in [-0.15, -0.1) is 0 Å². The Morgan fingerprint density at radius 3 is 2.76 bits per heavy atom. The Balaban J connectivity index is 2.29. The molecule has 5 heteroatoms. The van der Waals surface area contributed by atoms with Gasteiger partial charge in [-0.3, -0.25) is 9.79 Å². The third kappa shape index (κ3) is 4.98. The van der Waals surface area contributed by atoms with Crippen LogP contribution in [-0.2, 0) is 4.79 Å². The minimum Gasteiger partial charge on any atom is -0.354 e. The van der Waals surface area contributed by atoms with E-state index in [1.165, 1.54) is 0 Å². The van der Waals surface area contributed by atoms with Crippen LogP contribution in [0.1, 0.15) is 34.1 Å². The lowest BCUT2D eigenvalue weighted by atomic mass is 10.2. The third-order valence-electron chi connectivity index (χ3n) is 2.59. The summed E-state index contributed by atoms with van der Waals surface area (Å²) in [7, 11) is 0. The first-order valence-electron chi connectivity index (χ1n) is 6.28. The van der Waals surface area contributed by atoms with Crippen molar-refractivity contribution in [2.45, 2.75) is 45.4 Å². The molecule has 1 heterocycles. The van der Waals surface area contributed by atoms with Crippen molar-refractivity contribution in [1.29, 1.82) is 0 Å². The summed E-state index contributed by atoms with van der Waals surface area (Å²) in [6.45, 7) is 9.79. The molecule has 0 saturated carbocycles. The van der Waals surface area contributed by atoms with Gasteiger partial charge in [0.15, 0.2) is 5.17 Å². The molecule has 0 fully saturated rings. The number of amidine groups is 1. The fourth-order valence-electron chi connectivity index (χ4n) is 1.42. The average molecular weight is 257 g/mol. The summed E-state index contributed by atoms with van der Waals surface area (Å²) in [5.41, 5.74) is 0. The molecule has 0 aliphatic carbocycles.